The van der Waals surface area contributed by atoms with E-state index in [9.17, 15) is 9.18 Å². The molecular formula is C7H7FN2O2. The van der Waals surface area contributed by atoms with E-state index in [1.807, 2.05) is 0 Å². The van der Waals surface area contributed by atoms with Crippen molar-refractivity contribution < 1.29 is 14.4 Å². The average molecular weight is 170 g/mol. The largest absolute Gasteiger partial charge is 0.396 e. The van der Waals surface area contributed by atoms with Crippen molar-refractivity contribution in [3.05, 3.63) is 29.6 Å². The number of nitrogen functional groups attached to an aromatic ring is 1. The van der Waals surface area contributed by atoms with Crippen molar-refractivity contribution in [3.63, 3.8) is 0 Å². The van der Waals surface area contributed by atoms with E-state index < -0.39 is 11.7 Å². The maximum atomic E-state index is 12.9. The van der Waals surface area contributed by atoms with E-state index >= 15 is 0 Å². The van der Waals surface area contributed by atoms with Crippen molar-refractivity contribution in [2.75, 3.05) is 5.73 Å². The quantitative estimate of drug-likeness (QED) is 0.327. The highest BCUT2D eigenvalue weighted by atomic mass is 19.1. The molecule has 0 unspecified atom stereocenters. The van der Waals surface area contributed by atoms with Crippen molar-refractivity contribution in [1.82, 2.24) is 5.48 Å². The smallest absolute Gasteiger partial charge is 0.277 e. The molecule has 0 aliphatic carbocycles. The fourth-order valence-corrected chi connectivity index (χ4v) is 0.785. The van der Waals surface area contributed by atoms with Crippen molar-refractivity contribution in [2.45, 2.75) is 0 Å². The summed E-state index contributed by atoms with van der Waals surface area (Å²) in [5, 5.41) is 8.20. The number of carbonyl (C=O) groups is 1. The Kier molecular flexibility index (Phi) is 2.25. The number of amides is 1. The zero-order chi connectivity index (χ0) is 9.14. The summed E-state index contributed by atoms with van der Waals surface area (Å²) < 4.78 is 12.9. The predicted molar refractivity (Wildman–Crippen MR) is 40.1 cm³/mol. The second kappa shape index (κ2) is 3.19. The molecule has 0 spiro atoms. The van der Waals surface area contributed by atoms with Gasteiger partial charge in [0.2, 0.25) is 0 Å². The van der Waals surface area contributed by atoms with E-state index in [2.05, 4.69) is 0 Å². The van der Waals surface area contributed by atoms with Crippen LogP contribution >= 0.6 is 0 Å². The number of benzene rings is 1. The Morgan fingerprint density at radius 3 is 2.83 bits per heavy atom. The Labute approximate surface area is 67.8 Å². The van der Waals surface area contributed by atoms with Crippen LogP contribution < -0.4 is 11.2 Å². The monoisotopic (exact) mass is 170 g/mol. The van der Waals surface area contributed by atoms with Crippen molar-refractivity contribution in [1.29, 1.82) is 0 Å². The number of carbonyl (C=O) groups excluding carboxylic acids is 1. The summed E-state index contributed by atoms with van der Waals surface area (Å²) in [7, 11) is 0. The first-order valence-electron chi connectivity index (χ1n) is 3.15. The Bertz CT molecular complexity index is 314. The lowest BCUT2D eigenvalue weighted by atomic mass is 10.2. The van der Waals surface area contributed by atoms with Crippen LogP contribution in [0.3, 0.4) is 0 Å². The molecule has 1 rings (SSSR count). The minimum atomic E-state index is -0.917. The molecule has 64 valence electrons. The van der Waals surface area contributed by atoms with Gasteiger partial charge in [-0.2, -0.15) is 0 Å². The third-order valence-electron chi connectivity index (χ3n) is 1.37. The van der Waals surface area contributed by atoms with E-state index in [1.165, 1.54) is 23.7 Å². The average Bonchev–Trinajstić information content (AvgIpc) is 2.08. The maximum absolute atomic E-state index is 12.9. The molecular weight excluding hydrogens is 163 g/mol. The summed E-state index contributed by atoms with van der Waals surface area (Å²) in [5.41, 5.74) is 6.08. The van der Waals surface area contributed by atoms with Gasteiger partial charge in [-0.3, -0.25) is 10.0 Å². The molecule has 1 amide bonds. The molecule has 0 fully saturated rings. The molecule has 12 heavy (non-hydrogen) atoms. The first-order chi connectivity index (χ1) is 5.66. The third-order valence-corrected chi connectivity index (χ3v) is 1.37. The highest BCUT2D eigenvalue weighted by Crippen LogP contribution is 2.13. The van der Waals surface area contributed by atoms with E-state index in [4.69, 9.17) is 10.9 Å². The van der Waals surface area contributed by atoms with Crippen molar-refractivity contribution in [3.8, 4) is 0 Å². The van der Waals surface area contributed by atoms with E-state index in [1.54, 1.807) is 0 Å². The fourth-order valence-electron chi connectivity index (χ4n) is 0.785. The minimum absolute atomic E-state index is 0.129. The van der Waals surface area contributed by atoms with Gasteiger partial charge in [0.25, 0.3) is 5.91 Å². The Hall–Kier alpha value is -1.62. The Balaban J connectivity index is 3.16. The zero-order valence-corrected chi connectivity index (χ0v) is 6.04. The van der Waals surface area contributed by atoms with Crippen LogP contribution in [0, 0.1) is 5.82 Å². The molecule has 0 saturated heterocycles. The lowest BCUT2D eigenvalue weighted by molar-refractivity contribution is 0.0702. The molecule has 1 aromatic rings. The summed E-state index contributed by atoms with van der Waals surface area (Å²) in [6.07, 6.45) is 0. The second-order valence-electron chi connectivity index (χ2n) is 2.15. The molecule has 0 heterocycles. The lowest BCUT2D eigenvalue weighted by Crippen LogP contribution is -2.20. The highest BCUT2D eigenvalue weighted by Gasteiger charge is 2.11. The van der Waals surface area contributed by atoms with Crippen LogP contribution in [0.1, 0.15) is 10.4 Å². The first-order valence-corrected chi connectivity index (χ1v) is 3.15. The van der Waals surface area contributed by atoms with Crippen LogP contribution in [-0.2, 0) is 0 Å². The molecule has 1 aromatic carbocycles. The van der Waals surface area contributed by atoms with Gasteiger partial charge in [-0.05, 0) is 12.1 Å². The number of halogens is 1. The number of hydrogen-bond donors (Lipinski definition) is 3. The number of rotatable bonds is 1. The molecule has 4 N–H and O–H groups in total. The molecule has 0 bridgehead atoms. The molecule has 0 atom stereocenters. The van der Waals surface area contributed by atoms with Gasteiger partial charge in [0.15, 0.2) is 5.82 Å². The van der Waals surface area contributed by atoms with Gasteiger partial charge >= 0.3 is 0 Å². The van der Waals surface area contributed by atoms with Crippen LogP contribution in [0.4, 0.5) is 10.1 Å². The van der Waals surface area contributed by atoms with Gasteiger partial charge < -0.3 is 5.73 Å². The summed E-state index contributed by atoms with van der Waals surface area (Å²) in [4.78, 5) is 10.7. The fraction of sp³-hybridized carbons (Fsp3) is 0. The van der Waals surface area contributed by atoms with Crippen LogP contribution in [0.5, 0.6) is 0 Å². The minimum Gasteiger partial charge on any atom is -0.396 e. The number of nitrogens with one attached hydrogen (secondary N) is 1. The van der Waals surface area contributed by atoms with Crippen LogP contribution in [0.2, 0.25) is 0 Å². The first kappa shape index (κ1) is 8.48. The molecule has 0 aliphatic rings. The van der Waals surface area contributed by atoms with Gasteiger partial charge in [-0.1, -0.05) is 6.07 Å². The third kappa shape index (κ3) is 1.35. The number of hydrogen-bond acceptors (Lipinski definition) is 3. The lowest BCUT2D eigenvalue weighted by Gasteiger charge is -2.01. The Morgan fingerprint density at radius 2 is 2.25 bits per heavy atom. The SMILES string of the molecule is Nc1cccc(C(=O)NO)c1F. The summed E-state index contributed by atoms with van der Waals surface area (Å²) in [6, 6.07) is 3.96. The van der Waals surface area contributed by atoms with E-state index in [-0.39, 0.29) is 11.3 Å². The number of anilines is 1. The summed E-state index contributed by atoms with van der Waals surface area (Å²) in [6.45, 7) is 0. The van der Waals surface area contributed by atoms with Crippen LogP contribution in [-0.4, -0.2) is 11.1 Å². The predicted octanol–water partition coefficient (Wildman–Crippen LogP) is 0.527. The normalized spacial score (nSPS) is 9.50. The van der Waals surface area contributed by atoms with Crippen LogP contribution in [0.15, 0.2) is 18.2 Å². The summed E-state index contributed by atoms with van der Waals surface area (Å²) >= 11 is 0. The van der Waals surface area contributed by atoms with Gasteiger partial charge in [-0.25, -0.2) is 9.87 Å². The highest BCUT2D eigenvalue weighted by molar-refractivity contribution is 5.94. The Morgan fingerprint density at radius 1 is 1.58 bits per heavy atom. The molecule has 0 saturated carbocycles. The molecule has 0 aliphatic heterocycles. The molecule has 5 heteroatoms. The van der Waals surface area contributed by atoms with Crippen molar-refractivity contribution in [2.24, 2.45) is 0 Å². The standard InChI is InChI=1S/C7H7FN2O2/c8-6-4(7(11)10-12)2-1-3-5(6)9/h1-3,12H,9H2,(H,10,11). The van der Waals surface area contributed by atoms with Gasteiger partial charge in [-0.15, -0.1) is 0 Å². The van der Waals surface area contributed by atoms with Gasteiger partial charge in [0, 0.05) is 0 Å². The maximum Gasteiger partial charge on any atom is 0.277 e. The van der Waals surface area contributed by atoms with Gasteiger partial charge in [0.05, 0.1) is 11.3 Å². The molecule has 4 nitrogen and oxygen atoms in total. The number of hydroxylamine groups is 1. The number of nitrogens with two attached hydrogens (primary N) is 1. The second-order valence-corrected chi connectivity index (χ2v) is 2.15. The zero-order valence-electron chi connectivity index (χ0n) is 6.04. The van der Waals surface area contributed by atoms with E-state index in [0.29, 0.717) is 0 Å². The molecule has 0 aromatic heterocycles. The summed E-state index contributed by atoms with van der Waals surface area (Å²) in [5.74, 6) is -1.75. The molecule has 0 radical (unpaired) electrons. The van der Waals surface area contributed by atoms with Gasteiger partial charge in [0.1, 0.15) is 0 Å². The van der Waals surface area contributed by atoms with E-state index in [0.717, 1.165) is 0 Å². The topological polar surface area (TPSA) is 75.4 Å². The van der Waals surface area contributed by atoms with Crippen molar-refractivity contribution >= 4 is 11.6 Å². The van der Waals surface area contributed by atoms with Crippen LogP contribution in [0.25, 0.3) is 0 Å².